The van der Waals surface area contributed by atoms with Gasteiger partial charge in [-0.25, -0.2) is 4.98 Å². The SMILES string of the molecule is COc1ccc([C@H](CC(=O)O)NC(=O)CCn2cnc3ccccc3c2=O)cc1. The molecule has 8 nitrogen and oxygen atoms in total. The number of aryl methyl sites for hydroxylation is 1. The van der Waals surface area contributed by atoms with Gasteiger partial charge in [-0.2, -0.15) is 0 Å². The molecule has 29 heavy (non-hydrogen) atoms. The summed E-state index contributed by atoms with van der Waals surface area (Å²) in [5, 5.41) is 12.4. The van der Waals surface area contributed by atoms with Crippen molar-refractivity contribution in [2.75, 3.05) is 7.11 Å². The highest BCUT2D eigenvalue weighted by Gasteiger charge is 2.18. The number of para-hydroxylation sites is 1. The van der Waals surface area contributed by atoms with Crippen molar-refractivity contribution < 1.29 is 19.4 Å². The van der Waals surface area contributed by atoms with Gasteiger partial charge in [-0.1, -0.05) is 24.3 Å². The summed E-state index contributed by atoms with van der Waals surface area (Å²) in [6, 6.07) is 13.1. The number of benzene rings is 2. The molecular weight excluding hydrogens is 374 g/mol. The van der Waals surface area contributed by atoms with E-state index in [9.17, 15) is 19.5 Å². The van der Waals surface area contributed by atoms with E-state index in [0.29, 0.717) is 22.2 Å². The van der Waals surface area contributed by atoms with Crippen molar-refractivity contribution in [3.63, 3.8) is 0 Å². The molecule has 8 heteroatoms. The zero-order chi connectivity index (χ0) is 20.8. The van der Waals surface area contributed by atoms with Gasteiger partial charge in [-0.3, -0.25) is 19.0 Å². The Balaban J connectivity index is 1.69. The van der Waals surface area contributed by atoms with Gasteiger partial charge in [-0.15, -0.1) is 0 Å². The second kappa shape index (κ2) is 9.01. The molecule has 2 aromatic carbocycles. The third-order valence-corrected chi connectivity index (χ3v) is 4.54. The van der Waals surface area contributed by atoms with Crippen molar-refractivity contribution in [1.29, 1.82) is 0 Å². The second-order valence-corrected chi connectivity index (χ2v) is 6.50. The van der Waals surface area contributed by atoms with Crippen LogP contribution in [-0.4, -0.2) is 33.6 Å². The van der Waals surface area contributed by atoms with E-state index in [1.807, 2.05) is 0 Å². The number of aromatic nitrogens is 2. The van der Waals surface area contributed by atoms with E-state index in [-0.39, 0.29) is 30.9 Å². The van der Waals surface area contributed by atoms with Crippen LogP contribution in [0.5, 0.6) is 5.75 Å². The lowest BCUT2D eigenvalue weighted by atomic mass is 10.0. The number of ether oxygens (including phenoxy) is 1. The Morgan fingerprint density at radius 2 is 1.90 bits per heavy atom. The highest BCUT2D eigenvalue weighted by molar-refractivity contribution is 5.78. The molecular formula is C21H21N3O5. The van der Waals surface area contributed by atoms with Crippen LogP contribution in [-0.2, 0) is 16.1 Å². The van der Waals surface area contributed by atoms with Crippen molar-refractivity contribution in [3.8, 4) is 5.75 Å². The number of hydrogen-bond donors (Lipinski definition) is 2. The topological polar surface area (TPSA) is 111 Å². The first-order chi connectivity index (χ1) is 14.0. The number of rotatable bonds is 8. The molecule has 0 unspecified atom stereocenters. The van der Waals surface area contributed by atoms with Crippen LogP contribution in [0.4, 0.5) is 0 Å². The molecule has 1 aromatic heterocycles. The van der Waals surface area contributed by atoms with Gasteiger partial charge in [0.15, 0.2) is 0 Å². The first-order valence-corrected chi connectivity index (χ1v) is 9.07. The minimum Gasteiger partial charge on any atom is -0.497 e. The molecule has 1 heterocycles. The Morgan fingerprint density at radius 1 is 1.17 bits per heavy atom. The lowest BCUT2D eigenvalue weighted by Crippen LogP contribution is -2.32. The molecule has 0 fully saturated rings. The first kappa shape index (κ1) is 20.1. The van der Waals surface area contributed by atoms with Crippen LogP contribution in [0.25, 0.3) is 10.9 Å². The summed E-state index contributed by atoms with van der Waals surface area (Å²) in [7, 11) is 1.54. The lowest BCUT2D eigenvalue weighted by molar-refractivity contribution is -0.137. The largest absolute Gasteiger partial charge is 0.497 e. The molecule has 0 radical (unpaired) electrons. The summed E-state index contributed by atoms with van der Waals surface area (Å²) in [5.41, 5.74) is 1.03. The van der Waals surface area contributed by atoms with E-state index in [0.717, 1.165) is 0 Å². The van der Waals surface area contributed by atoms with E-state index >= 15 is 0 Å². The van der Waals surface area contributed by atoms with Gasteiger partial charge in [-0.05, 0) is 29.8 Å². The number of methoxy groups -OCH3 is 1. The van der Waals surface area contributed by atoms with Gasteiger partial charge in [0.05, 0.1) is 36.8 Å². The minimum absolute atomic E-state index is 0.0200. The smallest absolute Gasteiger partial charge is 0.305 e. The van der Waals surface area contributed by atoms with Gasteiger partial charge in [0.1, 0.15) is 5.75 Å². The number of carboxylic acid groups (broad SMARTS) is 1. The Kier molecular flexibility index (Phi) is 6.23. The van der Waals surface area contributed by atoms with Crippen LogP contribution in [0.2, 0.25) is 0 Å². The fourth-order valence-corrected chi connectivity index (χ4v) is 3.02. The number of fused-ring (bicyclic) bond motifs is 1. The van der Waals surface area contributed by atoms with Gasteiger partial charge in [0.25, 0.3) is 5.56 Å². The molecule has 1 atom stereocenters. The molecule has 2 N–H and O–H groups in total. The predicted octanol–water partition coefficient (Wildman–Crippen LogP) is 2.13. The Hall–Kier alpha value is -3.68. The zero-order valence-corrected chi connectivity index (χ0v) is 15.9. The first-order valence-electron chi connectivity index (χ1n) is 9.07. The van der Waals surface area contributed by atoms with Crippen LogP contribution in [0.3, 0.4) is 0 Å². The van der Waals surface area contributed by atoms with Gasteiger partial charge < -0.3 is 15.2 Å². The van der Waals surface area contributed by atoms with Gasteiger partial charge >= 0.3 is 5.97 Å². The van der Waals surface area contributed by atoms with Crippen molar-refractivity contribution in [2.24, 2.45) is 0 Å². The van der Waals surface area contributed by atoms with Crippen molar-refractivity contribution in [3.05, 3.63) is 70.8 Å². The lowest BCUT2D eigenvalue weighted by Gasteiger charge is -2.18. The van der Waals surface area contributed by atoms with Crippen molar-refractivity contribution in [1.82, 2.24) is 14.9 Å². The summed E-state index contributed by atoms with van der Waals surface area (Å²) in [6.07, 6.45) is 1.18. The third-order valence-electron chi connectivity index (χ3n) is 4.54. The number of carbonyl (C=O) groups excluding carboxylic acids is 1. The minimum atomic E-state index is -1.03. The number of aliphatic carboxylic acids is 1. The van der Waals surface area contributed by atoms with Crippen LogP contribution in [0.15, 0.2) is 59.7 Å². The Labute approximate surface area is 166 Å². The maximum atomic E-state index is 12.5. The van der Waals surface area contributed by atoms with Crippen molar-refractivity contribution >= 4 is 22.8 Å². The van der Waals surface area contributed by atoms with Crippen LogP contribution in [0.1, 0.15) is 24.4 Å². The maximum absolute atomic E-state index is 12.5. The summed E-state index contributed by atoms with van der Waals surface area (Å²) in [4.78, 5) is 40.3. The molecule has 0 bridgehead atoms. The monoisotopic (exact) mass is 395 g/mol. The average molecular weight is 395 g/mol. The predicted molar refractivity (Wildman–Crippen MR) is 107 cm³/mol. The van der Waals surface area contributed by atoms with Crippen LogP contribution >= 0.6 is 0 Å². The molecule has 0 saturated heterocycles. The van der Waals surface area contributed by atoms with E-state index in [1.165, 1.54) is 18.0 Å². The molecule has 150 valence electrons. The second-order valence-electron chi connectivity index (χ2n) is 6.50. The average Bonchev–Trinajstić information content (AvgIpc) is 2.73. The fourth-order valence-electron chi connectivity index (χ4n) is 3.02. The van der Waals surface area contributed by atoms with Gasteiger partial charge in [0.2, 0.25) is 5.91 Å². The van der Waals surface area contributed by atoms with E-state index in [4.69, 9.17) is 4.74 Å². The summed E-state index contributed by atoms with van der Waals surface area (Å²) in [6.45, 7) is 0.144. The molecule has 0 aliphatic rings. The number of hydrogen-bond acceptors (Lipinski definition) is 5. The number of nitrogens with zero attached hydrogens (tertiary/aromatic N) is 2. The third kappa shape index (κ3) is 4.98. The fraction of sp³-hybridized carbons (Fsp3) is 0.238. The Morgan fingerprint density at radius 3 is 2.59 bits per heavy atom. The normalized spacial score (nSPS) is 11.8. The van der Waals surface area contributed by atoms with Crippen LogP contribution in [0, 0.1) is 0 Å². The number of amides is 1. The molecule has 0 spiro atoms. The molecule has 0 aliphatic carbocycles. The number of carbonyl (C=O) groups is 2. The van der Waals surface area contributed by atoms with Crippen LogP contribution < -0.4 is 15.6 Å². The molecule has 0 aliphatic heterocycles. The van der Waals surface area contributed by atoms with E-state index in [2.05, 4.69) is 10.3 Å². The molecule has 1 amide bonds. The molecule has 3 rings (SSSR count). The maximum Gasteiger partial charge on any atom is 0.305 e. The zero-order valence-electron chi connectivity index (χ0n) is 15.9. The van der Waals surface area contributed by atoms with E-state index in [1.54, 1.807) is 48.5 Å². The summed E-state index contributed by atoms with van der Waals surface area (Å²) >= 11 is 0. The summed E-state index contributed by atoms with van der Waals surface area (Å²) < 4.78 is 6.47. The standard InChI is InChI=1S/C21H21N3O5/c1-29-15-8-6-14(7-9-15)18(12-20(26)27)23-19(25)10-11-24-13-22-17-5-3-2-4-16(17)21(24)28/h2-9,13,18H,10-12H2,1H3,(H,23,25)(H,26,27)/t18-/m0/s1. The van der Waals surface area contributed by atoms with Crippen molar-refractivity contribution in [2.45, 2.75) is 25.4 Å². The quantitative estimate of drug-likeness (QED) is 0.605. The molecule has 0 saturated carbocycles. The highest BCUT2D eigenvalue weighted by Crippen LogP contribution is 2.20. The summed E-state index contributed by atoms with van der Waals surface area (Å²) in [5.74, 6) is -0.745. The Bertz CT molecular complexity index is 1080. The van der Waals surface area contributed by atoms with Gasteiger partial charge in [0, 0.05) is 13.0 Å². The number of nitrogens with one attached hydrogen (secondary N) is 1. The highest BCUT2D eigenvalue weighted by atomic mass is 16.5. The van der Waals surface area contributed by atoms with E-state index < -0.39 is 12.0 Å². The number of carboxylic acids is 1. The molecule has 3 aromatic rings.